The van der Waals surface area contributed by atoms with Crippen molar-refractivity contribution in [2.45, 2.75) is 44.1 Å². The van der Waals surface area contributed by atoms with Crippen molar-refractivity contribution in [1.29, 1.82) is 0 Å². The quantitative estimate of drug-likeness (QED) is 0.511. The SMILES string of the molecule is CNCC(=Cc1cnc(SC)nc1)B1OC(C)(C)C(C)(C)O1. The molecule has 1 aromatic rings. The summed E-state index contributed by atoms with van der Waals surface area (Å²) in [5.74, 6) is 0. The van der Waals surface area contributed by atoms with Crippen LogP contribution >= 0.6 is 11.8 Å². The van der Waals surface area contributed by atoms with Crippen molar-refractivity contribution in [2.24, 2.45) is 0 Å². The van der Waals surface area contributed by atoms with Gasteiger partial charge in [0.15, 0.2) is 5.16 Å². The first-order chi connectivity index (χ1) is 10.3. The number of nitrogens with one attached hydrogen (secondary N) is 1. The van der Waals surface area contributed by atoms with Crippen LogP contribution in [0.25, 0.3) is 6.08 Å². The summed E-state index contributed by atoms with van der Waals surface area (Å²) >= 11 is 1.53. The zero-order chi connectivity index (χ0) is 16.4. The van der Waals surface area contributed by atoms with E-state index in [1.807, 2.05) is 31.8 Å². The molecule has 0 unspecified atom stereocenters. The Hall–Kier alpha value is -0.885. The third kappa shape index (κ3) is 3.71. The summed E-state index contributed by atoms with van der Waals surface area (Å²) < 4.78 is 12.2. The molecule has 0 amide bonds. The van der Waals surface area contributed by atoms with Crippen LogP contribution in [0.3, 0.4) is 0 Å². The van der Waals surface area contributed by atoms with E-state index in [1.165, 1.54) is 11.8 Å². The van der Waals surface area contributed by atoms with Gasteiger partial charge in [0.1, 0.15) is 0 Å². The molecule has 120 valence electrons. The maximum absolute atomic E-state index is 6.12. The number of aromatic nitrogens is 2. The molecule has 1 N–H and O–H groups in total. The van der Waals surface area contributed by atoms with Crippen LogP contribution in [0, 0.1) is 0 Å². The highest BCUT2D eigenvalue weighted by Gasteiger charge is 2.52. The van der Waals surface area contributed by atoms with Gasteiger partial charge >= 0.3 is 7.12 Å². The molecular formula is C15H24BN3O2S. The highest BCUT2D eigenvalue weighted by molar-refractivity contribution is 7.98. The summed E-state index contributed by atoms with van der Waals surface area (Å²) in [7, 11) is 1.55. The van der Waals surface area contributed by atoms with Gasteiger partial charge in [0.25, 0.3) is 0 Å². The fourth-order valence-corrected chi connectivity index (χ4v) is 2.44. The molecule has 1 fully saturated rings. The van der Waals surface area contributed by atoms with Crippen molar-refractivity contribution in [1.82, 2.24) is 15.3 Å². The topological polar surface area (TPSA) is 56.3 Å². The zero-order valence-corrected chi connectivity index (χ0v) is 15.0. The summed E-state index contributed by atoms with van der Waals surface area (Å²) in [6.45, 7) is 8.91. The van der Waals surface area contributed by atoms with Gasteiger partial charge in [-0.1, -0.05) is 17.8 Å². The van der Waals surface area contributed by atoms with Crippen LogP contribution in [0.1, 0.15) is 33.3 Å². The minimum absolute atomic E-state index is 0.344. The Morgan fingerprint density at radius 3 is 2.23 bits per heavy atom. The second-order valence-electron chi connectivity index (χ2n) is 6.34. The highest BCUT2D eigenvalue weighted by Crippen LogP contribution is 2.38. The Bertz CT molecular complexity index is 530. The molecule has 0 saturated carbocycles. The maximum atomic E-state index is 6.12. The van der Waals surface area contributed by atoms with Gasteiger partial charge in [-0.3, -0.25) is 0 Å². The zero-order valence-electron chi connectivity index (χ0n) is 14.1. The fraction of sp³-hybridized carbons (Fsp3) is 0.600. The lowest BCUT2D eigenvalue weighted by Crippen LogP contribution is -2.41. The lowest BCUT2D eigenvalue weighted by Gasteiger charge is -2.32. The van der Waals surface area contributed by atoms with Gasteiger partial charge in [-0.05, 0) is 46.5 Å². The Balaban J connectivity index is 2.24. The Labute approximate surface area is 137 Å². The van der Waals surface area contributed by atoms with Crippen molar-refractivity contribution in [3.8, 4) is 0 Å². The summed E-state index contributed by atoms with van der Waals surface area (Å²) in [6, 6.07) is 0. The van der Waals surface area contributed by atoms with Gasteiger partial charge in [0, 0.05) is 24.5 Å². The van der Waals surface area contributed by atoms with Gasteiger partial charge < -0.3 is 14.6 Å². The highest BCUT2D eigenvalue weighted by atomic mass is 32.2. The van der Waals surface area contributed by atoms with Crippen LogP contribution in [0.5, 0.6) is 0 Å². The second-order valence-corrected chi connectivity index (χ2v) is 7.11. The summed E-state index contributed by atoms with van der Waals surface area (Å²) in [5.41, 5.74) is 1.28. The average molecular weight is 321 g/mol. The molecule has 1 aliphatic rings. The van der Waals surface area contributed by atoms with Gasteiger partial charge in [0.2, 0.25) is 0 Å². The minimum atomic E-state index is -0.363. The number of hydrogen-bond donors (Lipinski definition) is 1. The third-order valence-corrected chi connectivity index (χ3v) is 4.70. The van der Waals surface area contributed by atoms with Crippen LogP contribution in [-0.4, -0.2) is 48.1 Å². The molecule has 0 aliphatic carbocycles. The van der Waals surface area contributed by atoms with E-state index in [2.05, 4.69) is 43.0 Å². The Morgan fingerprint density at radius 1 is 1.23 bits per heavy atom. The molecule has 22 heavy (non-hydrogen) atoms. The van der Waals surface area contributed by atoms with Crippen LogP contribution in [-0.2, 0) is 9.31 Å². The number of hydrogen-bond acceptors (Lipinski definition) is 6. The minimum Gasteiger partial charge on any atom is -0.400 e. The van der Waals surface area contributed by atoms with E-state index < -0.39 is 0 Å². The molecule has 0 radical (unpaired) electrons. The van der Waals surface area contributed by atoms with E-state index in [0.717, 1.165) is 16.2 Å². The van der Waals surface area contributed by atoms with E-state index >= 15 is 0 Å². The van der Waals surface area contributed by atoms with Crippen molar-refractivity contribution in [2.75, 3.05) is 19.8 Å². The summed E-state index contributed by atoms with van der Waals surface area (Å²) in [5, 5.41) is 3.94. The molecule has 0 aromatic carbocycles. The fourth-order valence-electron chi connectivity index (χ4n) is 2.12. The Kier molecular flexibility index (Phi) is 5.32. The maximum Gasteiger partial charge on any atom is 0.491 e. The van der Waals surface area contributed by atoms with Crippen molar-refractivity contribution in [3.63, 3.8) is 0 Å². The van der Waals surface area contributed by atoms with Gasteiger partial charge in [-0.15, -0.1) is 0 Å². The molecule has 2 heterocycles. The lowest BCUT2D eigenvalue weighted by atomic mass is 9.77. The number of likely N-dealkylation sites (N-methyl/N-ethyl adjacent to an activating group) is 1. The second kappa shape index (κ2) is 6.70. The molecule has 7 heteroatoms. The average Bonchev–Trinajstić information content (AvgIpc) is 2.68. The van der Waals surface area contributed by atoms with Crippen molar-refractivity contribution >= 4 is 25.0 Å². The summed E-state index contributed by atoms with van der Waals surface area (Å²) in [4.78, 5) is 8.60. The molecule has 0 bridgehead atoms. The predicted octanol–water partition coefficient (Wildman–Crippen LogP) is 2.43. The van der Waals surface area contributed by atoms with Gasteiger partial charge in [-0.2, -0.15) is 0 Å². The van der Waals surface area contributed by atoms with E-state index in [1.54, 1.807) is 0 Å². The van der Waals surface area contributed by atoms with Gasteiger partial charge in [-0.25, -0.2) is 9.97 Å². The van der Waals surface area contributed by atoms with Crippen LogP contribution in [0.4, 0.5) is 0 Å². The van der Waals surface area contributed by atoms with Crippen molar-refractivity contribution < 1.29 is 9.31 Å². The lowest BCUT2D eigenvalue weighted by molar-refractivity contribution is 0.00578. The summed E-state index contributed by atoms with van der Waals surface area (Å²) in [6.07, 6.45) is 7.63. The molecule has 1 saturated heterocycles. The third-order valence-electron chi connectivity index (χ3n) is 4.12. The smallest absolute Gasteiger partial charge is 0.400 e. The first-order valence-corrected chi connectivity index (χ1v) is 8.58. The number of thioether (sulfide) groups is 1. The predicted molar refractivity (Wildman–Crippen MR) is 91.8 cm³/mol. The van der Waals surface area contributed by atoms with Crippen LogP contribution in [0.15, 0.2) is 23.0 Å². The standard InChI is InChI=1S/C15H24BN3O2S/c1-14(2)15(3,4)21-16(20-14)12(10-17-5)7-11-8-18-13(22-6)19-9-11/h7-9,17H,10H2,1-6H3. The molecule has 5 nitrogen and oxygen atoms in total. The van der Waals surface area contributed by atoms with Crippen LogP contribution < -0.4 is 5.32 Å². The first-order valence-electron chi connectivity index (χ1n) is 7.36. The van der Waals surface area contributed by atoms with Gasteiger partial charge in [0.05, 0.1) is 11.2 Å². The normalized spacial score (nSPS) is 20.5. The van der Waals surface area contributed by atoms with E-state index in [4.69, 9.17) is 9.31 Å². The van der Waals surface area contributed by atoms with Crippen molar-refractivity contribution in [3.05, 3.63) is 23.4 Å². The van der Waals surface area contributed by atoms with E-state index in [0.29, 0.717) is 6.54 Å². The Morgan fingerprint density at radius 2 is 1.77 bits per heavy atom. The molecule has 0 atom stereocenters. The first kappa shape index (κ1) is 17.5. The van der Waals surface area contributed by atoms with E-state index in [9.17, 15) is 0 Å². The molecule has 1 aromatic heterocycles. The largest absolute Gasteiger partial charge is 0.491 e. The molecular weight excluding hydrogens is 297 g/mol. The van der Waals surface area contributed by atoms with Crippen LogP contribution in [0.2, 0.25) is 0 Å². The molecule has 2 rings (SSSR count). The molecule has 0 spiro atoms. The molecule has 1 aliphatic heterocycles. The van der Waals surface area contributed by atoms with E-state index in [-0.39, 0.29) is 18.3 Å². The number of rotatable bonds is 5. The number of nitrogens with zero attached hydrogens (tertiary/aromatic N) is 2. The monoisotopic (exact) mass is 321 g/mol.